The molecular weight excluding hydrogens is 960 g/mol. The molecule has 72 heavy (non-hydrogen) atoms. The summed E-state index contributed by atoms with van der Waals surface area (Å²) in [5.41, 5.74) is 2.37. The third-order valence-electron chi connectivity index (χ3n) is 13.8. The second kappa shape index (κ2) is 28.0. The molecule has 0 spiro atoms. The summed E-state index contributed by atoms with van der Waals surface area (Å²) < 4.78 is 0. The van der Waals surface area contributed by atoms with E-state index in [0.29, 0.717) is 11.1 Å². The molecule has 3 aromatic carbocycles. The molecule has 6 amide bonds. The van der Waals surface area contributed by atoms with E-state index in [1.54, 1.807) is 52.2 Å². The van der Waals surface area contributed by atoms with Crippen molar-refractivity contribution in [1.29, 1.82) is 0 Å². The SMILES string of the molecule is CN[C@@H](C)C(=O)N[C@H](C(=O)N1C[C@@H](CC(=O)c2cccc(C(=O)C[C@H]3C[C@@H](C(=O)N[C@H](C)c4ccccc4)N(C(=O)[C@@H](NC(=O)[C@H](C)NC)C(C)C)C3)c2)C[C@H]1C(=O)N[C@H](C)c1ccccc1)C(C)C.Cl.Cl. The number of nitrogens with one attached hydrogen (secondary N) is 6. The lowest BCUT2D eigenvalue weighted by molar-refractivity contribution is -0.142. The van der Waals surface area contributed by atoms with Crippen molar-refractivity contribution >= 4 is 71.8 Å². The highest BCUT2D eigenvalue weighted by Crippen LogP contribution is 2.32. The van der Waals surface area contributed by atoms with Crippen LogP contribution in [0.1, 0.15) is 125 Å². The highest BCUT2D eigenvalue weighted by molar-refractivity contribution is 6.02. The minimum absolute atomic E-state index is 0. The number of hydrogen-bond donors (Lipinski definition) is 6. The molecule has 394 valence electrons. The maximum atomic E-state index is 14.4. The number of ketones is 2. The zero-order valence-electron chi connectivity index (χ0n) is 43.2. The van der Waals surface area contributed by atoms with E-state index in [1.807, 2.05) is 102 Å². The van der Waals surface area contributed by atoms with Gasteiger partial charge in [0, 0.05) is 37.1 Å². The molecule has 2 heterocycles. The summed E-state index contributed by atoms with van der Waals surface area (Å²) in [5, 5.41) is 17.6. The van der Waals surface area contributed by atoms with Crippen molar-refractivity contribution in [2.24, 2.45) is 23.7 Å². The van der Waals surface area contributed by atoms with Gasteiger partial charge in [0.25, 0.3) is 0 Å². The van der Waals surface area contributed by atoms with Crippen LogP contribution in [0.3, 0.4) is 0 Å². The van der Waals surface area contributed by atoms with Crippen LogP contribution in [0.15, 0.2) is 84.9 Å². The van der Waals surface area contributed by atoms with E-state index >= 15 is 0 Å². The summed E-state index contributed by atoms with van der Waals surface area (Å²) in [7, 11) is 3.30. The third kappa shape index (κ3) is 15.7. The van der Waals surface area contributed by atoms with Crippen LogP contribution in [0.4, 0.5) is 0 Å². The van der Waals surface area contributed by atoms with E-state index in [-0.39, 0.29) is 123 Å². The molecule has 5 rings (SSSR count). The summed E-state index contributed by atoms with van der Waals surface area (Å²) in [5.74, 6) is -4.21. The molecule has 0 radical (unpaired) electrons. The maximum Gasteiger partial charge on any atom is 0.246 e. The number of Topliss-reactive ketones (excluding diaryl/α,β-unsaturated/α-hetero) is 2. The topological polar surface area (TPSA) is 215 Å². The first-order valence-corrected chi connectivity index (χ1v) is 24.7. The zero-order chi connectivity index (χ0) is 51.4. The number of halogens is 2. The monoisotopic (exact) mass is 1030 g/mol. The standard InChI is InChI=1S/C54H74N8O8.2ClH/c1-31(2)47(59-49(65)35(7)55-9)53(69)61-29-37(24-43(61)51(67)57-33(5)39-18-13-11-14-19-39)26-45(63)41-22-17-23-42(28-41)46(64)27-38-25-44(52(68)58-34(6)40-20-15-12-16-21-40)62(30-38)54(70)48(32(3)4)60-50(66)36(8)56-10;;/h11-23,28,31-38,43-44,47-48,55-56H,24-27,29-30H2,1-10H3,(H,57,67)(H,58,68)(H,59,65)(H,60,66);2*1H/t33-,34-,35+,36+,37-,38-,43+,44+,47+,48+;;/m1../s1. The number of likely N-dealkylation sites (tertiary alicyclic amines) is 2. The van der Waals surface area contributed by atoms with Gasteiger partial charge in [0.05, 0.1) is 24.2 Å². The quantitative estimate of drug-likeness (QED) is 0.0709. The summed E-state index contributed by atoms with van der Waals surface area (Å²) in [4.78, 5) is 114. The molecule has 0 aromatic heterocycles. The van der Waals surface area contributed by atoms with Gasteiger partial charge in [-0.05, 0) is 95.5 Å². The fraction of sp³-hybridized carbons (Fsp3) is 0.519. The number of hydrogen-bond acceptors (Lipinski definition) is 10. The predicted octanol–water partition coefficient (Wildman–Crippen LogP) is 5.36. The van der Waals surface area contributed by atoms with Gasteiger partial charge in [-0.3, -0.25) is 38.4 Å². The van der Waals surface area contributed by atoms with E-state index in [4.69, 9.17) is 0 Å². The van der Waals surface area contributed by atoms with E-state index in [0.717, 1.165) is 11.1 Å². The van der Waals surface area contributed by atoms with E-state index in [2.05, 4.69) is 31.9 Å². The Labute approximate surface area is 437 Å². The third-order valence-corrected chi connectivity index (χ3v) is 13.8. The molecule has 0 bridgehead atoms. The number of amides is 6. The number of carbonyl (C=O) groups is 8. The Kier molecular flexibility index (Phi) is 23.5. The van der Waals surface area contributed by atoms with Gasteiger partial charge in [-0.1, -0.05) is 107 Å². The van der Waals surface area contributed by atoms with Crippen LogP contribution in [0.2, 0.25) is 0 Å². The Morgan fingerprint density at radius 3 is 1.17 bits per heavy atom. The Hall–Kier alpha value is -5.68. The molecule has 2 saturated heterocycles. The lowest BCUT2D eigenvalue weighted by Gasteiger charge is -2.31. The number of nitrogens with zero attached hydrogens (tertiary/aromatic N) is 2. The molecule has 3 aromatic rings. The molecule has 0 unspecified atom stereocenters. The first kappa shape index (κ1) is 60.6. The van der Waals surface area contributed by atoms with Crippen LogP contribution in [-0.2, 0) is 28.8 Å². The Balaban J connectivity index is 0.00000684. The average molecular weight is 1040 g/mol. The van der Waals surface area contributed by atoms with Crippen LogP contribution in [0, 0.1) is 23.7 Å². The van der Waals surface area contributed by atoms with Crippen molar-refractivity contribution in [2.45, 2.75) is 129 Å². The molecule has 18 heteroatoms. The smallest absolute Gasteiger partial charge is 0.246 e. The fourth-order valence-electron chi connectivity index (χ4n) is 9.22. The summed E-state index contributed by atoms with van der Waals surface area (Å²) >= 11 is 0. The minimum atomic E-state index is -0.917. The lowest BCUT2D eigenvalue weighted by Crippen LogP contribution is -2.57. The Bertz CT molecular complexity index is 2180. The molecule has 10 atom stereocenters. The molecule has 16 nitrogen and oxygen atoms in total. The van der Waals surface area contributed by atoms with E-state index < -0.39 is 59.9 Å². The van der Waals surface area contributed by atoms with Gasteiger partial charge in [0.1, 0.15) is 24.2 Å². The van der Waals surface area contributed by atoms with Gasteiger partial charge in [-0.15, -0.1) is 24.8 Å². The van der Waals surface area contributed by atoms with Crippen molar-refractivity contribution in [1.82, 2.24) is 41.7 Å². The van der Waals surface area contributed by atoms with Gasteiger partial charge < -0.3 is 41.7 Å². The van der Waals surface area contributed by atoms with Crippen LogP contribution in [0.5, 0.6) is 0 Å². The molecule has 2 fully saturated rings. The number of carbonyl (C=O) groups excluding carboxylic acids is 8. The van der Waals surface area contributed by atoms with Crippen molar-refractivity contribution in [3.05, 3.63) is 107 Å². The Morgan fingerprint density at radius 2 is 0.847 bits per heavy atom. The highest BCUT2D eigenvalue weighted by atomic mass is 35.5. The normalized spacial score (nSPS) is 19.9. The molecular formula is C54H76Cl2N8O8. The van der Waals surface area contributed by atoms with Crippen molar-refractivity contribution in [2.75, 3.05) is 27.2 Å². The predicted molar refractivity (Wildman–Crippen MR) is 283 cm³/mol. The molecule has 0 aliphatic carbocycles. The first-order valence-electron chi connectivity index (χ1n) is 24.7. The van der Waals surface area contributed by atoms with Crippen LogP contribution < -0.4 is 31.9 Å². The summed E-state index contributed by atoms with van der Waals surface area (Å²) in [6.45, 7) is 14.6. The first-order chi connectivity index (χ1) is 33.2. The molecule has 2 aliphatic rings. The average Bonchev–Trinajstić information content (AvgIpc) is 3.98. The second-order valence-electron chi connectivity index (χ2n) is 19.8. The van der Waals surface area contributed by atoms with Crippen LogP contribution in [-0.4, -0.2) is 120 Å². The largest absolute Gasteiger partial charge is 0.348 e. The van der Waals surface area contributed by atoms with Gasteiger partial charge in [0.15, 0.2) is 11.6 Å². The summed E-state index contributed by atoms with van der Waals surface area (Å²) in [6, 6.07) is 19.9. The van der Waals surface area contributed by atoms with E-state index in [1.165, 1.54) is 9.80 Å². The zero-order valence-corrected chi connectivity index (χ0v) is 44.9. The number of likely N-dealkylation sites (N-methyl/N-ethyl adjacent to an activating group) is 2. The van der Waals surface area contributed by atoms with Gasteiger partial charge in [-0.2, -0.15) is 0 Å². The molecule has 0 saturated carbocycles. The van der Waals surface area contributed by atoms with Crippen molar-refractivity contribution < 1.29 is 38.4 Å². The van der Waals surface area contributed by atoms with Crippen LogP contribution >= 0.6 is 24.8 Å². The fourth-order valence-corrected chi connectivity index (χ4v) is 9.22. The lowest BCUT2D eigenvalue weighted by atomic mass is 9.92. The minimum Gasteiger partial charge on any atom is -0.348 e. The molecule has 2 aliphatic heterocycles. The molecule has 6 N–H and O–H groups in total. The van der Waals surface area contributed by atoms with Gasteiger partial charge in [0.2, 0.25) is 35.4 Å². The van der Waals surface area contributed by atoms with Gasteiger partial charge >= 0.3 is 0 Å². The Morgan fingerprint density at radius 1 is 0.500 bits per heavy atom. The second-order valence-corrected chi connectivity index (χ2v) is 19.8. The summed E-state index contributed by atoms with van der Waals surface area (Å²) in [6.07, 6.45) is 0.405. The van der Waals surface area contributed by atoms with Crippen LogP contribution in [0.25, 0.3) is 0 Å². The van der Waals surface area contributed by atoms with E-state index in [9.17, 15) is 38.4 Å². The van der Waals surface area contributed by atoms with Gasteiger partial charge in [-0.25, -0.2) is 0 Å². The maximum absolute atomic E-state index is 14.4. The van der Waals surface area contributed by atoms with Crippen molar-refractivity contribution in [3.8, 4) is 0 Å². The number of rotatable bonds is 22. The highest BCUT2D eigenvalue weighted by Gasteiger charge is 2.45. The van der Waals surface area contributed by atoms with Crippen molar-refractivity contribution in [3.63, 3.8) is 0 Å². The number of benzene rings is 3.